The number of hydrogen-bond acceptors (Lipinski definition) is 3. The van der Waals surface area contributed by atoms with E-state index >= 15 is 0 Å². The fourth-order valence-electron chi connectivity index (χ4n) is 2.10. The van der Waals surface area contributed by atoms with Crippen LogP contribution in [0.2, 0.25) is 5.02 Å². The van der Waals surface area contributed by atoms with E-state index in [0.717, 1.165) is 0 Å². The van der Waals surface area contributed by atoms with Crippen LogP contribution in [-0.4, -0.2) is 22.8 Å². The highest BCUT2D eigenvalue weighted by Gasteiger charge is 2.27. The molecule has 1 unspecified atom stereocenters. The predicted molar refractivity (Wildman–Crippen MR) is 86.5 cm³/mol. The summed E-state index contributed by atoms with van der Waals surface area (Å²) >= 11 is 5.98. The molecular weight excluding hydrogens is 306 g/mol. The van der Waals surface area contributed by atoms with Crippen LogP contribution in [0.15, 0.2) is 18.2 Å². The Balaban J connectivity index is 3.15. The molecule has 1 amide bonds. The number of carbonyl (C=O) groups excluding carboxylic acids is 1. The maximum Gasteiger partial charge on any atom is 0.412 e. The van der Waals surface area contributed by atoms with Gasteiger partial charge in [-0.25, -0.2) is 4.79 Å². The third-order valence-corrected chi connectivity index (χ3v) is 3.15. The summed E-state index contributed by atoms with van der Waals surface area (Å²) in [5.41, 5.74) is 0.210. The van der Waals surface area contributed by atoms with Crippen molar-refractivity contribution in [2.24, 2.45) is 5.92 Å². The quantitative estimate of drug-likeness (QED) is 0.853. The number of carbonyl (C=O) groups is 2. The van der Waals surface area contributed by atoms with Gasteiger partial charge in [-0.2, -0.15) is 0 Å². The molecule has 122 valence electrons. The smallest absolute Gasteiger partial charge is 0.412 e. The third-order valence-electron chi connectivity index (χ3n) is 2.92. The van der Waals surface area contributed by atoms with Gasteiger partial charge in [-0.15, -0.1) is 0 Å². The second-order valence-electron chi connectivity index (χ2n) is 6.42. The van der Waals surface area contributed by atoms with E-state index in [-0.39, 0.29) is 5.92 Å². The van der Waals surface area contributed by atoms with Gasteiger partial charge in [0.2, 0.25) is 0 Å². The van der Waals surface area contributed by atoms with E-state index in [1.54, 1.807) is 52.8 Å². The lowest BCUT2D eigenvalue weighted by Crippen LogP contribution is -2.28. The summed E-state index contributed by atoms with van der Waals surface area (Å²) in [5, 5.41) is 12.5. The summed E-state index contributed by atoms with van der Waals surface area (Å²) in [6, 6.07) is 4.74. The number of halogens is 1. The Kier molecular flexibility index (Phi) is 5.83. The van der Waals surface area contributed by atoms with Crippen molar-refractivity contribution in [3.8, 4) is 0 Å². The van der Waals surface area contributed by atoms with Crippen LogP contribution >= 0.6 is 11.6 Å². The number of nitrogens with one attached hydrogen (secondary N) is 1. The highest BCUT2D eigenvalue weighted by Crippen LogP contribution is 2.33. The van der Waals surface area contributed by atoms with Gasteiger partial charge in [0.25, 0.3) is 0 Å². The SMILES string of the molecule is CC(C)C(C(=O)O)c1cc(Cl)ccc1NC(=O)OC(C)(C)C. The van der Waals surface area contributed by atoms with Crippen LogP contribution in [0.4, 0.5) is 10.5 Å². The van der Waals surface area contributed by atoms with Gasteiger partial charge < -0.3 is 9.84 Å². The van der Waals surface area contributed by atoms with Crippen LogP contribution in [-0.2, 0) is 9.53 Å². The molecule has 0 spiro atoms. The van der Waals surface area contributed by atoms with Crippen LogP contribution in [0.1, 0.15) is 46.1 Å². The Bertz CT molecular complexity index is 564. The van der Waals surface area contributed by atoms with Crippen molar-refractivity contribution in [2.45, 2.75) is 46.1 Å². The molecule has 2 N–H and O–H groups in total. The summed E-state index contributed by atoms with van der Waals surface area (Å²) in [6.07, 6.45) is -0.635. The first-order chi connectivity index (χ1) is 10.0. The Morgan fingerprint density at radius 1 is 1.27 bits per heavy atom. The maximum absolute atomic E-state index is 11.9. The van der Waals surface area contributed by atoms with E-state index in [9.17, 15) is 14.7 Å². The first-order valence-corrected chi connectivity index (χ1v) is 7.41. The molecule has 1 rings (SSSR count). The van der Waals surface area contributed by atoms with E-state index in [0.29, 0.717) is 16.3 Å². The third kappa shape index (κ3) is 5.22. The van der Waals surface area contributed by atoms with E-state index in [4.69, 9.17) is 16.3 Å². The van der Waals surface area contributed by atoms with Gasteiger partial charge in [0.15, 0.2) is 0 Å². The van der Waals surface area contributed by atoms with Crippen LogP contribution in [0.5, 0.6) is 0 Å². The minimum Gasteiger partial charge on any atom is -0.481 e. The second kappa shape index (κ2) is 7.01. The first kappa shape index (κ1) is 18.3. The zero-order valence-electron chi connectivity index (χ0n) is 13.4. The molecule has 0 aliphatic rings. The number of benzene rings is 1. The number of carboxylic acids is 1. The molecule has 22 heavy (non-hydrogen) atoms. The van der Waals surface area contributed by atoms with Gasteiger partial charge in [-0.05, 0) is 50.5 Å². The van der Waals surface area contributed by atoms with Gasteiger partial charge in [0.05, 0.1) is 5.92 Å². The van der Waals surface area contributed by atoms with Crippen LogP contribution in [0.25, 0.3) is 0 Å². The molecule has 6 heteroatoms. The van der Waals surface area contributed by atoms with Crippen LogP contribution in [0, 0.1) is 5.92 Å². The first-order valence-electron chi connectivity index (χ1n) is 7.03. The molecule has 1 aromatic carbocycles. The van der Waals surface area contributed by atoms with E-state index in [2.05, 4.69) is 5.32 Å². The van der Waals surface area contributed by atoms with Crippen molar-refractivity contribution < 1.29 is 19.4 Å². The monoisotopic (exact) mass is 327 g/mol. The topological polar surface area (TPSA) is 75.6 Å². The number of carboxylic acid groups (broad SMARTS) is 1. The molecule has 0 bridgehead atoms. The summed E-state index contributed by atoms with van der Waals surface area (Å²) in [6.45, 7) is 8.87. The second-order valence-corrected chi connectivity index (χ2v) is 6.85. The molecule has 0 fully saturated rings. The maximum atomic E-state index is 11.9. The van der Waals surface area contributed by atoms with Crippen molar-refractivity contribution >= 4 is 29.4 Å². The molecule has 0 saturated carbocycles. The van der Waals surface area contributed by atoms with Gasteiger partial charge >= 0.3 is 12.1 Å². The van der Waals surface area contributed by atoms with E-state index in [1.807, 2.05) is 0 Å². The highest BCUT2D eigenvalue weighted by atomic mass is 35.5. The molecule has 1 atom stereocenters. The number of anilines is 1. The zero-order valence-corrected chi connectivity index (χ0v) is 14.2. The predicted octanol–water partition coefficient (Wildman–Crippen LogP) is 4.51. The standard InChI is InChI=1S/C16H22ClNO4/c1-9(2)13(14(19)20)11-8-10(17)6-7-12(11)18-15(21)22-16(3,4)5/h6-9,13H,1-5H3,(H,18,21)(H,19,20). The summed E-state index contributed by atoms with van der Waals surface area (Å²) < 4.78 is 5.20. The Morgan fingerprint density at radius 2 is 1.86 bits per heavy atom. The molecule has 5 nitrogen and oxygen atoms in total. The Labute approximate surface area is 135 Å². The molecular formula is C16H22ClNO4. The Morgan fingerprint density at radius 3 is 2.32 bits per heavy atom. The lowest BCUT2D eigenvalue weighted by Gasteiger charge is -2.23. The number of aliphatic carboxylic acids is 1. The summed E-state index contributed by atoms with van der Waals surface area (Å²) in [5.74, 6) is -1.90. The average Bonchev–Trinajstić information content (AvgIpc) is 2.29. The highest BCUT2D eigenvalue weighted by molar-refractivity contribution is 6.30. The van der Waals surface area contributed by atoms with Gasteiger partial charge in [0.1, 0.15) is 5.60 Å². The van der Waals surface area contributed by atoms with Crippen molar-refractivity contribution in [3.63, 3.8) is 0 Å². The van der Waals surface area contributed by atoms with E-state index in [1.165, 1.54) is 0 Å². The average molecular weight is 328 g/mol. The van der Waals surface area contributed by atoms with Crippen molar-refractivity contribution in [1.29, 1.82) is 0 Å². The number of hydrogen-bond donors (Lipinski definition) is 2. The fourth-order valence-corrected chi connectivity index (χ4v) is 2.28. The fraction of sp³-hybridized carbons (Fsp3) is 0.500. The summed E-state index contributed by atoms with van der Waals surface area (Å²) in [4.78, 5) is 23.4. The van der Waals surface area contributed by atoms with Gasteiger partial charge in [0, 0.05) is 10.7 Å². The normalized spacial score (nSPS) is 12.9. The molecule has 0 aliphatic heterocycles. The van der Waals surface area contributed by atoms with Gasteiger partial charge in [-0.1, -0.05) is 25.4 Å². The molecule has 1 aromatic rings. The van der Waals surface area contributed by atoms with Gasteiger partial charge in [-0.3, -0.25) is 10.1 Å². The minimum atomic E-state index is -0.968. The number of amides is 1. The minimum absolute atomic E-state index is 0.157. The number of ether oxygens (including phenoxy) is 1. The Hall–Kier alpha value is -1.75. The molecule has 0 saturated heterocycles. The van der Waals surface area contributed by atoms with Crippen LogP contribution in [0.3, 0.4) is 0 Å². The molecule has 0 aliphatic carbocycles. The van der Waals surface area contributed by atoms with Crippen LogP contribution < -0.4 is 5.32 Å². The zero-order chi connectivity index (χ0) is 17.1. The molecule has 0 radical (unpaired) electrons. The summed E-state index contributed by atoms with van der Waals surface area (Å²) in [7, 11) is 0. The lowest BCUT2D eigenvalue weighted by atomic mass is 9.87. The van der Waals surface area contributed by atoms with E-state index < -0.39 is 23.6 Å². The van der Waals surface area contributed by atoms with Crippen molar-refractivity contribution in [3.05, 3.63) is 28.8 Å². The molecule has 0 heterocycles. The van der Waals surface area contributed by atoms with Crippen molar-refractivity contribution in [2.75, 3.05) is 5.32 Å². The largest absolute Gasteiger partial charge is 0.481 e. The number of rotatable bonds is 4. The lowest BCUT2D eigenvalue weighted by molar-refractivity contribution is -0.139. The molecule has 0 aromatic heterocycles. The van der Waals surface area contributed by atoms with Crippen molar-refractivity contribution in [1.82, 2.24) is 0 Å².